The van der Waals surface area contributed by atoms with Crippen LogP contribution in [0, 0.1) is 11.8 Å². The number of aromatic nitrogens is 2. The number of hydrogen-bond donors (Lipinski definition) is 1. The van der Waals surface area contributed by atoms with Crippen molar-refractivity contribution in [3.8, 4) is 11.3 Å². The van der Waals surface area contributed by atoms with Crippen LogP contribution in [0.15, 0.2) is 30.5 Å². The van der Waals surface area contributed by atoms with Crippen LogP contribution in [-0.4, -0.2) is 53.2 Å². The number of rotatable bonds is 5. The zero-order valence-corrected chi connectivity index (χ0v) is 16.7. The number of nitrogens with one attached hydrogen (secondary N) is 1. The fourth-order valence-electron chi connectivity index (χ4n) is 5.03. The molecule has 2 saturated carbocycles. The van der Waals surface area contributed by atoms with E-state index in [1.54, 1.807) is 0 Å². The van der Waals surface area contributed by atoms with Crippen molar-refractivity contribution in [3.63, 3.8) is 0 Å². The number of hydrogen-bond acceptors (Lipinski definition) is 3. The molecule has 140 valence electrons. The molecule has 0 spiro atoms. The molecule has 0 saturated heterocycles. The molecule has 5 heteroatoms. The fourth-order valence-corrected chi connectivity index (χ4v) is 5.16. The lowest BCUT2D eigenvalue weighted by atomic mass is 10.0. The Hall–Kier alpha value is -1.36. The van der Waals surface area contributed by atoms with Crippen molar-refractivity contribution in [1.29, 1.82) is 0 Å². The van der Waals surface area contributed by atoms with Crippen molar-refractivity contribution in [2.24, 2.45) is 11.8 Å². The van der Waals surface area contributed by atoms with E-state index < -0.39 is 0 Å². The Kier molecular flexibility index (Phi) is 5.09. The number of halogens is 1. The number of aromatic amines is 1. The molecular formula is C21H29ClN4. The quantitative estimate of drug-likeness (QED) is 0.850. The Balaban J connectivity index is 1.40. The van der Waals surface area contributed by atoms with E-state index in [-0.39, 0.29) is 0 Å². The summed E-state index contributed by atoms with van der Waals surface area (Å²) in [6.07, 6.45) is 7.42. The molecule has 2 aromatic rings. The van der Waals surface area contributed by atoms with Crippen LogP contribution in [0.5, 0.6) is 0 Å². The lowest BCUT2D eigenvalue weighted by Gasteiger charge is -2.27. The minimum absolute atomic E-state index is 0.695. The lowest BCUT2D eigenvalue weighted by molar-refractivity contribution is 0.212. The molecule has 0 aliphatic heterocycles. The van der Waals surface area contributed by atoms with Crippen LogP contribution in [-0.2, 0) is 6.54 Å². The Morgan fingerprint density at radius 1 is 1.00 bits per heavy atom. The summed E-state index contributed by atoms with van der Waals surface area (Å²) in [5.41, 5.74) is 3.52. The normalized spacial score (nSPS) is 28.2. The van der Waals surface area contributed by atoms with Gasteiger partial charge in [0, 0.05) is 29.2 Å². The highest BCUT2D eigenvalue weighted by Gasteiger charge is 2.43. The number of H-pyrrole nitrogens is 1. The minimum atomic E-state index is 0.695. The first kappa shape index (κ1) is 18.0. The van der Waals surface area contributed by atoms with Crippen molar-refractivity contribution in [2.45, 2.75) is 44.3 Å². The molecule has 4 rings (SSSR count). The van der Waals surface area contributed by atoms with E-state index >= 15 is 0 Å². The van der Waals surface area contributed by atoms with Gasteiger partial charge < -0.3 is 4.90 Å². The second kappa shape index (κ2) is 7.34. The molecule has 1 aromatic heterocycles. The van der Waals surface area contributed by atoms with Crippen LogP contribution in [0.2, 0.25) is 5.02 Å². The van der Waals surface area contributed by atoms with Gasteiger partial charge in [0.05, 0.1) is 11.9 Å². The molecule has 0 radical (unpaired) electrons. The maximum Gasteiger partial charge on any atom is 0.0695 e. The van der Waals surface area contributed by atoms with Crippen molar-refractivity contribution in [1.82, 2.24) is 20.0 Å². The standard InChI is InChI=1S/C21H29ClN4/c1-25(2)19-8-15-10-20(11-16(15)9-19)26(3)13-17-12-23-24-21(17)14-4-6-18(22)7-5-14/h4-7,12,15-16,19-20H,8-11,13H2,1-3H3,(H,23,24)/t15-,16+,19?,20?. The second-order valence-corrected chi connectivity index (χ2v) is 8.86. The van der Waals surface area contributed by atoms with E-state index in [1.165, 1.54) is 31.2 Å². The highest BCUT2D eigenvalue weighted by atomic mass is 35.5. The largest absolute Gasteiger partial charge is 0.306 e. The summed E-state index contributed by atoms with van der Waals surface area (Å²) >= 11 is 6.02. The van der Waals surface area contributed by atoms with Crippen LogP contribution in [0.3, 0.4) is 0 Å². The Bertz CT molecular complexity index is 725. The summed E-state index contributed by atoms with van der Waals surface area (Å²) in [6.45, 7) is 0.940. The van der Waals surface area contributed by atoms with Crippen molar-refractivity contribution < 1.29 is 0 Å². The third kappa shape index (κ3) is 3.55. The van der Waals surface area contributed by atoms with Gasteiger partial charge in [0.2, 0.25) is 0 Å². The predicted molar refractivity (Wildman–Crippen MR) is 107 cm³/mol. The highest BCUT2D eigenvalue weighted by Crippen LogP contribution is 2.46. The van der Waals surface area contributed by atoms with E-state index in [9.17, 15) is 0 Å². The van der Waals surface area contributed by atoms with Gasteiger partial charge in [-0.05, 0) is 76.4 Å². The summed E-state index contributed by atoms with van der Waals surface area (Å²) in [6, 6.07) is 9.47. The Labute approximate surface area is 161 Å². The van der Waals surface area contributed by atoms with E-state index in [2.05, 4.69) is 53.3 Å². The third-order valence-electron chi connectivity index (χ3n) is 6.59. The Morgan fingerprint density at radius 3 is 2.23 bits per heavy atom. The van der Waals surface area contributed by atoms with Crippen molar-refractivity contribution >= 4 is 11.6 Å². The van der Waals surface area contributed by atoms with Crippen LogP contribution in [0.4, 0.5) is 0 Å². The van der Waals surface area contributed by atoms with Gasteiger partial charge in [-0.2, -0.15) is 5.10 Å². The molecule has 1 N–H and O–H groups in total. The average molecular weight is 373 g/mol. The summed E-state index contributed by atoms with van der Waals surface area (Å²) < 4.78 is 0. The molecule has 26 heavy (non-hydrogen) atoms. The van der Waals surface area contributed by atoms with Gasteiger partial charge in [0.1, 0.15) is 0 Å². The summed E-state index contributed by atoms with van der Waals surface area (Å²) in [7, 11) is 6.73. The van der Waals surface area contributed by atoms with Crippen molar-refractivity contribution in [2.75, 3.05) is 21.1 Å². The van der Waals surface area contributed by atoms with Gasteiger partial charge in [-0.15, -0.1) is 0 Å². The summed E-state index contributed by atoms with van der Waals surface area (Å²) in [4.78, 5) is 4.95. The summed E-state index contributed by atoms with van der Waals surface area (Å²) in [5, 5.41) is 8.23. The minimum Gasteiger partial charge on any atom is -0.306 e. The Morgan fingerprint density at radius 2 is 1.62 bits per heavy atom. The molecule has 2 aliphatic carbocycles. The van der Waals surface area contributed by atoms with Gasteiger partial charge >= 0.3 is 0 Å². The summed E-state index contributed by atoms with van der Waals surface area (Å²) in [5.74, 6) is 1.82. The van der Waals surface area contributed by atoms with Gasteiger partial charge in [-0.25, -0.2) is 0 Å². The first-order chi connectivity index (χ1) is 12.5. The van der Waals surface area contributed by atoms with Crippen molar-refractivity contribution in [3.05, 3.63) is 41.0 Å². The average Bonchev–Trinajstić information content (AvgIpc) is 3.29. The zero-order chi connectivity index (χ0) is 18.3. The highest BCUT2D eigenvalue weighted by molar-refractivity contribution is 6.30. The maximum absolute atomic E-state index is 6.02. The number of nitrogens with zero attached hydrogens (tertiary/aromatic N) is 3. The first-order valence-electron chi connectivity index (χ1n) is 9.66. The van der Waals surface area contributed by atoms with Gasteiger partial charge in [-0.3, -0.25) is 10.00 Å². The topological polar surface area (TPSA) is 35.2 Å². The molecule has 2 aliphatic rings. The number of fused-ring (bicyclic) bond motifs is 1. The van der Waals surface area contributed by atoms with E-state index in [0.29, 0.717) is 6.04 Å². The zero-order valence-electron chi connectivity index (χ0n) is 16.0. The number of benzene rings is 1. The molecule has 2 fully saturated rings. The van der Waals surface area contributed by atoms with Crippen LogP contribution in [0.25, 0.3) is 11.3 Å². The van der Waals surface area contributed by atoms with E-state index in [4.69, 9.17) is 11.6 Å². The molecule has 4 nitrogen and oxygen atoms in total. The molecule has 2 unspecified atom stereocenters. The molecule has 1 heterocycles. The SMILES string of the molecule is CN(C)C1C[C@@H]2CC(N(C)Cc3cn[nH]c3-c3ccc(Cl)cc3)C[C@@H]2C1. The smallest absolute Gasteiger partial charge is 0.0695 e. The molecule has 4 atom stereocenters. The second-order valence-electron chi connectivity index (χ2n) is 8.43. The maximum atomic E-state index is 6.02. The van der Waals surface area contributed by atoms with Gasteiger partial charge in [0.25, 0.3) is 0 Å². The molecule has 0 bridgehead atoms. The van der Waals surface area contributed by atoms with Gasteiger partial charge in [0.15, 0.2) is 0 Å². The predicted octanol–water partition coefficient (Wildman–Crippen LogP) is 4.28. The third-order valence-corrected chi connectivity index (χ3v) is 6.84. The molecule has 1 aromatic carbocycles. The molecule has 0 amide bonds. The van der Waals surface area contributed by atoms with Gasteiger partial charge in [-0.1, -0.05) is 23.7 Å². The fraction of sp³-hybridized carbons (Fsp3) is 0.571. The van der Waals surface area contributed by atoms with E-state index in [0.717, 1.165) is 40.7 Å². The monoisotopic (exact) mass is 372 g/mol. The van der Waals surface area contributed by atoms with Crippen LogP contribution in [0.1, 0.15) is 31.2 Å². The van der Waals surface area contributed by atoms with Crippen LogP contribution < -0.4 is 0 Å². The first-order valence-corrected chi connectivity index (χ1v) is 10.0. The van der Waals surface area contributed by atoms with E-state index in [1.807, 2.05) is 18.3 Å². The van der Waals surface area contributed by atoms with Crippen LogP contribution >= 0.6 is 11.6 Å². The molecular weight excluding hydrogens is 344 g/mol. The lowest BCUT2D eigenvalue weighted by Crippen LogP contribution is -2.31.